The molecule has 5 nitrogen and oxygen atoms in total. The van der Waals surface area contributed by atoms with Crippen molar-refractivity contribution in [2.75, 3.05) is 12.9 Å². The number of nitrogens with zero attached hydrogens (tertiary/aromatic N) is 1. The first-order chi connectivity index (χ1) is 12.6. The first kappa shape index (κ1) is 22.5. The van der Waals surface area contributed by atoms with Crippen molar-refractivity contribution in [2.24, 2.45) is 5.10 Å². The summed E-state index contributed by atoms with van der Waals surface area (Å²) in [6.07, 6.45) is 13.3. The average molecular weight is 383 g/mol. The van der Waals surface area contributed by atoms with Gasteiger partial charge in [0.2, 0.25) is 10.0 Å². The fourth-order valence-corrected chi connectivity index (χ4v) is 3.59. The number of ether oxygens (including phenoxy) is 1. The zero-order chi connectivity index (χ0) is 19.1. The Kier molecular flexibility index (Phi) is 11.8. The van der Waals surface area contributed by atoms with E-state index in [2.05, 4.69) is 16.9 Å². The molecule has 0 saturated carbocycles. The number of rotatable bonds is 15. The minimum Gasteiger partial charge on any atom is -0.497 e. The van der Waals surface area contributed by atoms with Crippen LogP contribution in [0.1, 0.15) is 76.7 Å². The van der Waals surface area contributed by atoms with Crippen LogP contribution in [0.3, 0.4) is 0 Å². The molecule has 0 amide bonds. The molecule has 0 atom stereocenters. The molecule has 0 saturated heterocycles. The Balaban J connectivity index is 2.11. The summed E-state index contributed by atoms with van der Waals surface area (Å²) >= 11 is 0. The van der Waals surface area contributed by atoms with Gasteiger partial charge in [-0.15, -0.1) is 0 Å². The molecule has 1 aromatic carbocycles. The summed E-state index contributed by atoms with van der Waals surface area (Å²) in [4.78, 5) is 2.28. The number of methoxy groups -OCH3 is 1. The van der Waals surface area contributed by atoms with Crippen molar-refractivity contribution < 1.29 is 13.2 Å². The molecule has 148 valence electrons. The Morgan fingerprint density at radius 3 is 2.00 bits per heavy atom. The second-order valence-electron chi connectivity index (χ2n) is 6.62. The van der Waals surface area contributed by atoms with E-state index in [1.807, 2.05) is 12.1 Å². The largest absolute Gasteiger partial charge is 0.497 e. The lowest BCUT2D eigenvalue weighted by molar-refractivity contribution is 0.415. The summed E-state index contributed by atoms with van der Waals surface area (Å²) in [6, 6.07) is 7.25. The molecule has 0 fully saturated rings. The number of sulfonamides is 1. The van der Waals surface area contributed by atoms with E-state index in [1.54, 1.807) is 19.2 Å². The Morgan fingerprint density at radius 2 is 1.46 bits per heavy atom. The van der Waals surface area contributed by atoms with Crippen molar-refractivity contribution in [3.63, 3.8) is 0 Å². The van der Waals surface area contributed by atoms with Gasteiger partial charge in [0.15, 0.2) is 0 Å². The molecule has 0 spiro atoms. The highest BCUT2D eigenvalue weighted by Crippen LogP contribution is 2.11. The smallest absolute Gasteiger partial charge is 0.247 e. The highest BCUT2D eigenvalue weighted by atomic mass is 32.2. The molecule has 0 unspecified atom stereocenters. The highest BCUT2D eigenvalue weighted by molar-refractivity contribution is 7.89. The van der Waals surface area contributed by atoms with Gasteiger partial charge in [0.05, 0.1) is 19.1 Å². The van der Waals surface area contributed by atoms with Crippen LogP contribution in [0.2, 0.25) is 0 Å². The third-order valence-electron chi connectivity index (χ3n) is 4.29. The van der Waals surface area contributed by atoms with Crippen LogP contribution in [0.5, 0.6) is 5.75 Å². The Bertz CT molecular complexity index is 598. The molecule has 0 radical (unpaired) electrons. The molecule has 0 aliphatic rings. The zero-order valence-electron chi connectivity index (χ0n) is 16.2. The fourth-order valence-electron chi connectivity index (χ4n) is 2.70. The maximum Gasteiger partial charge on any atom is 0.247 e. The van der Waals surface area contributed by atoms with Gasteiger partial charge in [-0.05, 0) is 36.2 Å². The molecule has 1 aromatic rings. The number of unbranched alkanes of at least 4 members (excludes halogenated alkanes) is 9. The van der Waals surface area contributed by atoms with Crippen molar-refractivity contribution in [1.29, 1.82) is 0 Å². The molecule has 0 aliphatic heterocycles. The van der Waals surface area contributed by atoms with Gasteiger partial charge in [-0.1, -0.05) is 64.7 Å². The van der Waals surface area contributed by atoms with Crippen molar-refractivity contribution in [1.82, 2.24) is 4.83 Å². The van der Waals surface area contributed by atoms with Gasteiger partial charge < -0.3 is 4.74 Å². The molecule has 6 heteroatoms. The lowest BCUT2D eigenvalue weighted by Gasteiger charge is -2.04. The zero-order valence-corrected chi connectivity index (χ0v) is 17.1. The Labute approximate surface area is 159 Å². The van der Waals surface area contributed by atoms with Crippen LogP contribution in [-0.4, -0.2) is 27.5 Å². The van der Waals surface area contributed by atoms with E-state index in [9.17, 15) is 8.42 Å². The summed E-state index contributed by atoms with van der Waals surface area (Å²) < 4.78 is 28.9. The van der Waals surface area contributed by atoms with E-state index < -0.39 is 10.0 Å². The first-order valence-electron chi connectivity index (χ1n) is 9.74. The minimum absolute atomic E-state index is 0.128. The average Bonchev–Trinajstić information content (AvgIpc) is 2.63. The molecule has 1 rings (SSSR count). The van der Waals surface area contributed by atoms with E-state index in [0.29, 0.717) is 6.42 Å². The van der Waals surface area contributed by atoms with Crippen LogP contribution in [0.25, 0.3) is 0 Å². The number of benzene rings is 1. The molecule has 0 bridgehead atoms. The number of nitrogens with one attached hydrogen (secondary N) is 1. The number of hydrogen-bond acceptors (Lipinski definition) is 4. The SMILES string of the molecule is CCCCCCCCCCCCS(=O)(=O)N/N=C\c1ccc(OC)cc1. The second kappa shape index (κ2) is 13.6. The third kappa shape index (κ3) is 11.1. The van der Waals surface area contributed by atoms with Gasteiger partial charge in [-0.3, -0.25) is 0 Å². The summed E-state index contributed by atoms with van der Waals surface area (Å²) in [5.74, 6) is 0.882. The molecule has 0 aliphatic carbocycles. The fraction of sp³-hybridized carbons (Fsp3) is 0.650. The summed E-state index contributed by atoms with van der Waals surface area (Å²) in [7, 11) is -1.74. The van der Waals surface area contributed by atoms with Gasteiger partial charge >= 0.3 is 0 Å². The van der Waals surface area contributed by atoms with Crippen LogP contribution < -0.4 is 9.57 Å². The van der Waals surface area contributed by atoms with Crippen molar-refractivity contribution in [2.45, 2.75) is 71.1 Å². The van der Waals surface area contributed by atoms with E-state index >= 15 is 0 Å². The molecule has 0 aromatic heterocycles. The number of hydrogen-bond donors (Lipinski definition) is 1. The van der Waals surface area contributed by atoms with Crippen molar-refractivity contribution in [3.8, 4) is 5.75 Å². The minimum atomic E-state index is -3.34. The summed E-state index contributed by atoms with van der Waals surface area (Å²) in [6.45, 7) is 2.23. The Morgan fingerprint density at radius 1 is 0.923 bits per heavy atom. The summed E-state index contributed by atoms with van der Waals surface area (Å²) in [5, 5.41) is 3.83. The van der Waals surface area contributed by atoms with Gasteiger partial charge in [0.25, 0.3) is 0 Å². The predicted octanol–water partition coefficient (Wildman–Crippen LogP) is 4.87. The molecule has 26 heavy (non-hydrogen) atoms. The van der Waals surface area contributed by atoms with E-state index in [0.717, 1.165) is 24.2 Å². The van der Waals surface area contributed by atoms with Crippen LogP contribution >= 0.6 is 0 Å². The quantitative estimate of drug-likeness (QED) is 0.267. The maximum absolute atomic E-state index is 11.9. The molecule has 0 heterocycles. The lowest BCUT2D eigenvalue weighted by Crippen LogP contribution is -2.21. The topological polar surface area (TPSA) is 67.8 Å². The van der Waals surface area contributed by atoms with Crippen LogP contribution in [-0.2, 0) is 10.0 Å². The summed E-state index contributed by atoms with van der Waals surface area (Å²) in [5.41, 5.74) is 0.812. The first-order valence-corrected chi connectivity index (χ1v) is 11.4. The van der Waals surface area contributed by atoms with Gasteiger partial charge in [0, 0.05) is 0 Å². The molecular weight excluding hydrogens is 348 g/mol. The molecule has 1 N–H and O–H groups in total. The van der Waals surface area contributed by atoms with Gasteiger partial charge in [-0.2, -0.15) is 5.10 Å². The van der Waals surface area contributed by atoms with Crippen molar-refractivity contribution in [3.05, 3.63) is 29.8 Å². The second-order valence-corrected chi connectivity index (χ2v) is 8.44. The third-order valence-corrected chi connectivity index (χ3v) is 5.50. The van der Waals surface area contributed by atoms with Crippen LogP contribution in [0.4, 0.5) is 0 Å². The van der Waals surface area contributed by atoms with Crippen molar-refractivity contribution >= 4 is 16.2 Å². The molecular formula is C20H34N2O3S. The monoisotopic (exact) mass is 382 g/mol. The maximum atomic E-state index is 11.9. The van der Waals surface area contributed by atoms with Gasteiger partial charge in [0.1, 0.15) is 5.75 Å². The Hall–Kier alpha value is -1.56. The standard InChI is InChI=1S/C20H34N2O3S/c1-3-4-5-6-7-8-9-10-11-12-17-26(23,24)22-21-18-19-13-15-20(25-2)16-14-19/h13-16,18,22H,3-12,17H2,1-2H3/b21-18-. The van der Waals surface area contributed by atoms with Crippen LogP contribution in [0, 0.1) is 0 Å². The number of hydrazone groups is 1. The van der Waals surface area contributed by atoms with Crippen LogP contribution in [0.15, 0.2) is 29.4 Å². The van der Waals surface area contributed by atoms with Gasteiger partial charge in [-0.25, -0.2) is 13.2 Å². The normalized spacial score (nSPS) is 11.8. The highest BCUT2D eigenvalue weighted by Gasteiger charge is 2.07. The lowest BCUT2D eigenvalue weighted by atomic mass is 10.1. The van der Waals surface area contributed by atoms with E-state index in [1.165, 1.54) is 51.2 Å². The van der Waals surface area contributed by atoms with E-state index in [4.69, 9.17) is 4.74 Å². The predicted molar refractivity (Wildman–Crippen MR) is 109 cm³/mol. The van der Waals surface area contributed by atoms with E-state index in [-0.39, 0.29) is 5.75 Å².